The Kier molecular flexibility index (Phi) is 7.93. The van der Waals surface area contributed by atoms with Crippen LogP contribution in [0, 0.1) is 30.3 Å². The molecular formula is C33H22N8Pt. The van der Waals surface area contributed by atoms with Crippen LogP contribution >= 0.6 is 0 Å². The average molecular weight is 726 g/mol. The van der Waals surface area contributed by atoms with Crippen molar-refractivity contribution < 1.29 is 21.1 Å². The summed E-state index contributed by atoms with van der Waals surface area (Å²) in [7, 11) is 0. The summed E-state index contributed by atoms with van der Waals surface area (Å²) in [6, 6.07) is 32.9. The second-order valence-electron chi connectivity index (χ2n) is 9.77. The minimum Gasteiger partial charge on any atom is -0.367 e. The van der Waals surface area contributed by atoms with Gasteiger partial charge in [0.05, 0.1) is 18.0 Å². The van der Waals surface area contributed by atoms with Crippen LogP contribution in [0.5, 0.6) is 0 Å². The molecule has 0 aliphatic heterocycles. The number of rotatable bonds is 6. The molecule has 0 radical (unpaired) electrons. The van der Waals surface area contributed by atoms with E-state index in [2.05, 4.69) is 47.1 Å². The van der Waals surface area contributed by atoms with Crippen molar-refractivity contribution in [2.45, 2.75) is 19.3 Å². The van der Waals surface area contributed by atoms with Crippen LogP contribution in [0.2, 0.25) is 0 Å². The molecule has 4 aromatic heterocycles. The molecule has 204 valence electrons. The summed E-state index contributed by atoms with van der Waals surface area (Å²) in [5.74, 6) is 0.451. The number of hydrogen-bond acceptors (Lipinski definition) is 5. The first-order chi connectivity index (χ1) is 20.0. The largest absolute Gasteiger partial charge is 2.00 e. The Hall–Kier alpha value is -5.17. The third-order valence-corrected chi connectivity index (χ3v) is 6.88. The van der Waals surface area contributed by atoms with Crippen LogP contribution in [-0.2, 0) is 26.5 Å². The van der Waals surface area contributed by atoms with E-state index in [-0.39, 0.29) is 32.8 Å². The summed E-state index contributed by atoms with van der Waals surface area (Å²) < 4.78 is 3.52. The van der Waals surface area contributed by atoms with Gasteiger partial charge in [-0.05, 0) is 61.6 Å². The summed E-state index contributed by atoms with van der Waals surface area (Å²) in [5.41, 5.74) is 5.08. The molecule has 0 saturated carbocycles. The molecule has 0 amide bonds. The monoisotopic (exact) mass is 725 g/mol. The summed E-state index contributed by atoms with van der Waals surface area (Å²) in [5, 5.41) is 9.70. The molecule has 0 atom stereocenters. The number of imidazole rings is 2. The molecule has 2 aromatic carbocycles. The molecule has 0 bridgehead atoms. The summed E-state index contributed by atoms with van der Waals surface area (Å²) in [6.45, 7) is 11.7. The van der Waals surface area contributed by atoms with E-state index in [4.69, 9.17) is 16.5 Å². The van der Waals surface area contributed by atoms with Gasteiger partial charge in [-0.2, -0.15) is 4.98 Å². The molecule has 0 aliphatic carbocycles. The van der Waals surface area contributed by atoms with Crippen molar-refractivity contribution in [3.63, 3.8) is 0 Å². The number of nitriles is 1. The third kappa shape index (κ3) is 5.05. The normalized spacial score (nSPS) is 10.9. The van der Waals surface area contributed by atoms with Crippen molar-refractivity contribution in [2.24, 2.45) is 0 Å². The van der Waals surface area contributed by atoms with Crippen molar-refractivity contribution in [2.75, 3.05) is 0 Å². The molecule has 8 nitrogen and oxygen atoms in total. The quantitative estimate of drug-likeness (QED) is 0.182. The van der Waals surface area contributed by atoms with Gasteiger partial charge in [-0.3, -0.25) is 4.57 Å². The fraction of sp³-hybridized carbons (Fsp3) is 0.0909. The van der Waals surface area contributed by atoms with Crippen molar-refractivity contribution in [3.05, 3.63) is 138 Å². The molecule has 0 saturated heterocycles. The Morgan fingerprint density at radius 2 is 1.21 bits per heavy atom. The van der Waals surface area contributed by atoms with Crippen molar-refractivity contribution in [1.29, 1.82) is 5.26 Å². The van der Waals surface area contributed by atoms with Crippen LogP contribution in [0.15, 0.2) is 97.1 Å². The predicted molar refractivity (Wildman–Crippen MR) is 154 cm³/mol. The molecule has 6 rings (SSSR count). The van der Waals surface area contributed by atoms with E-state index in [1.165, 1.54) is 0 Å². The zero-order chi connectivity index (χ0) is 28.4. The van der Waals surface area contributed by atoms with Crippen LogP contribution in [-0.4, -0.2) is 29.1 Å². The van der Waals surface area contributed by atoms with Gasteiger partial charge in [0.1, 0.15) is 5.82 Å². The van der Waals surface area contributed by atoms with Gasteiger partial charge in [-0.25, -0.2) is 5.26 Å². The smallest absolute Gasteiger partial charge is 0.367 e. The molecule has 6 aromatic rings. The minimum atomic E-state index is -0.595. The Labute approximate surface area is 258 Å². The van der Waals surface area contributed by atoms with E-state index in [9.17, 15) is 5.26 Å². The van der Waals surface area contributed by atoms with E-state index in [1.807, 2.05) is 97.1 Å². The zero-order valence-electron chi connectivity index (χ0n) is 22.6. The number of nitrogens with zero attached hydrogens (tertiary/aromatic N) is 8. The molecular weight excluding hydrogens is 703 g/mol. The molecule has 0 fully saturated rings. The molecule has 42 heavy (non-hydrogen) atoms. The number of benzene rings is 2. The standard InChI is InChI=1S/C33H22N8.Pt/c1-33(2,29-18-10-16-25(38-29)27-21-36-31(20-34)40(27)23-12-6-4-7-13-23)30-19-11-17-26(39-30)28-22-37-32(35-3)41(28)24-14-8-5-9-15-24;/h4-19H,1-2H3;/q-2;+2. The van der Waals surface area contributed by atoms with Crippen molar-refractivity contribution in [3.8, 4) is 40.2 Å². The van der Waals surface area contributed by atoms with Crippen LogP contribution in [0.3, 0.4) is 0 Å². The number of para-hydroxylation sites is 2. The van der Waals surface area contributed by atoms with Crippen molar-refractivity contribution in [1.82, 2.24) is 29.1 Å². The summed E-state index contributed by atoms with van der Waals surface area (Å²) >= 11 is 0. The number of hydrogen-bond donors (Lipinski definition) is 0. The SMILES string of the molecule is [C-]#[N+]c1n[c-]c(-c2cccc(C(C)(C)c3cccc(-c4[c-]nc(C#N)n4-c4ccccc4)n3)n2)n1-c1ccccc1.[Pt+2]. The zero-order valence-corrected chi connectivity index (χ0v) is 24.9. The summed E-state index contributed by atoms with van der Waals surface area (Å²) in [4.78, 5) is 22.0. The predicted octanol–water partition coefficient (Wildman–Crippen LogP) is 6.53. The molecule has 0 aliphatic rings. The topological polar surface area (TPSA) is 89.6 Å². The molecule has 4 heterocycles. The van der Waals surface area contributed by atoms with Crippen LogP contribution < -0.4 is 0 Å². The first-order valence-electron chi connectivity index (χ1n) is 12.9. The number of aromatic nitrogens is 6. The van der Waals surface area contributed by atoms with Gasteiger partial charge in [0, 0.05) is 33.9 Å². The van der Waals surface area contributed by atoms with Gasteiger partial charge in [-0.15, -0.1) is 6.57 Å². The molecule has 0 spiro atoms. The maximum Gasteiger partial charge on any atom is 2.00 e. The Balaban J connectivity index is 0.00000353. The van der Waals surface area contributed by atoms with E-state index in [0.29, 0.717) is 22.8 Å². The van der Waals surface area contributed by atoms with Gasteiger partial charge in [0.15, 0.2) is 0 Å². The Bertz CT molecular complexity index is 1800. The maximum absolute atomic E-state index is 9.70. The van der Waals surface area contributed by atoms with Gasteiger partial charge in [0.25, 0.3) is 0 Å². The second-order valence-corrected chi connectivity index (χ2v) is 9.77. The van der Waals surface area contributed by atoms with Crippen LogP contribution in [0.25, 0.3) is 39.0 Å². The van der Waals surface area contributed by atoms with Gasteiger partial charge < -0.3 is 24.4 Å². The second kappa shape index (κ2) is 11.7. The van der Waals surface area contributed by atoms with Crippen LogP contribution in [0.1, 0.15) is 31.1 Å². The summed E-state index contributed by atoms with van der Waals surface area (Å²) in [6.07, 6.45) is 5.99. The first kappa shape index (κ1) is 28.4. The molecule has 9 heteroatoms. The van der Waals surface area contributed by atoms with Gasteiger partial charge in [-0.1, -0.05) is 66.9 Å². The van der Waals surface area contributed by atoms with E-state index < -0.39 is 5.41 Å². The van der Waals surface area contributed by atoms with Crippen molar-refractivity contribution >= 4 is 5.95 Å². The van der Waals surface area contributed by atoms with Gasteiger partial charge in [0.2, 0.25) is 0 Å². The number of pyridine rings is 2. The fourth-order valence-electron chi connectivity index (χ4n) is 4.72. The minimum absolute atomic E-state index is 0. The van der Waals surface area contributed by atoms with Gasteiger partial charge >= 0.3 is 27.0 Å². The van der Waals surface area contributed by atoms with E-state index >= 15 is 0 Å². The van der Waals surface area contributed by atoms with E-state index in [1.54, 1.807) is 9.13 Å². The third-order valence-electron chi connectivity index (χ3n) is 6.88. The van der Waals surface area contributed by atoms with Crippen LogP contribution in [0.4, 0.5) is 5.95 Å². The Morgan fingerprint density at radius 1 is 0.714 bits per heavy atom. The Morgan fingerprint density at radius 3 is 1.74 bits per heavy atom. The first-order valence-corrected chi connectivity index (χ1v) is 12.9. The molecule has 0 unspecified atom stereocenters. The molecule has 0 N–H and O–H groups in total. The average Bonchev–Trinajstić information content (AvgIpc) is 3.67. The van der Waals surface area contributed by atoms with E-state index in [0.717, 1.165) is 22.8 Å². The fourth-order valence-corrected chi connectivity index (χ4v) is 4.72. The maximum atomic E-state index is 9.70.